The van der Waals surface area contributed by atoms with Crippen LogP contribution in [-0.2, 0) is 11.3 Å². The number of pyridine rings is 1. The number of amides is 1. The third kappa shape index (κ3) is 6.38. The predicted molar refractivity (Wildman–Crippen MR) is 180 cm³/mol. The molecular weight excluding hydrogens is 605 g/mol. The molecule has 4 aromatic rings. The highest BCUT2D eigenvalue weighted by Gasteiger charge is 2.35. The summed E-state index contributed by atoms with van der Waals surface area (Å²) in [5, 5.41) is 14.5. The molecule has 1 fully saturated rings. The molecule has 13 heteroatoms. The lowest BCUT2D eigenvalue weighted by atomic mass is 9.97. The molecule has 0 saturated carbocycles. The number of aromatic nitrogens is 2. The minimum absolute atomic E-state index is 0.00827. The van der Waals surface area contributed by atoms with Gasteiger partial charge in [-0.05, 0) is 59.5 Å². The number of allylic oxidation sites excluding steroid dienone is 2. The molecule has 0 unspecified atom stereocenters. The number of aromatic amines is 1. The highest BCUT2D eigenvalue weighted by molar-refractivity contribution is 6.22. The van der Waals surface area contributed by atoms with Gasteiger partial charge in [0.1, 0.15) is 28.9 Å². The number of aryl methyl sites for hydroxylation is 1. The van der Waals surface area contributed by atoms with Crippen LogP contribution in [0.3, 0.4) is 0 Å². The summed E-state index contributed by atoms with van der Waals surface area (Å²) in [6.07, 6.45) is 5.61. The molecule has 3 aromatic heterocycles. The van der Waals surface area contributed by atoms with Crippen molar-refractivity contribution < 1.29 is 22.8 Å². The molecule has 1 saturated heterocycles. The van der Waals surface area contributed by atoms with Crippen molar-refractivity contribution in [3.05, 3.63) is 57.4 Å². The maximum atomic E-state index is 15.8. The van der Waals surface area contributed by atoms with E-state index in [0.717, 1.165) is 23.2 Å². The van der Waals surface area contributed by atoms with Crippen LogP contribution in [0.2, 0.25) is 0 Å². The third-order valence-corrected chi connectivity index (χ3v) is 8.56. The molecule has 0 spiro atoms. The number of carbonyl (C=O) groups excluding carboxylic acids is 1. The first kappa shape index (κ1) is 33.4. The molecule has 1 aromatic carbocycles. The molecule has 0 bridgehead atoms. The van der Waals surface area contributed by atoms with Crippen molar-refractivity contribution in [2.24, 2.45) is 10.9 Å². The summed E-state index contributed by atoms with van der Waals surface area (Å²) in [6, 6.07) is 3.24. The molecule has 248 valence electrons. The van der Waals surface area contributed by atoms with E-state index in [1.165, 1.54) is 18.0 Å². The summed E-state index contributed by atoms with van der Waals surface area (Å²) < 4.78 is 31.5. The molecule has 5 rings (SSSR count). The lowest BCUT2D eigenvalue weighted by molar-refractivity contribution is 0.0589. The highest BCUT2D eigenvalue weighted by Crippen LogP contribution is 2.45. The third-order valence-electron chi connectivity index (χ3n) is 8.56. The van der Waals surface area contributed by atoms with Gasteiger partial charge in [0.2, 0.25) is 0 Å². The van der Waals surface area contributed by atoms with Gasteiger partial charge in [-0.15, -0.1) is 0 Å². The summed E-state index contributed by atoms with van der Waals surface area (Å²) in [6.45, 7) is 12.6. The number of H-pyrrole nitrogens is 1. The lowest BCUT2D eigenvalue weighted by Gasteiger charge is -2.30. The molecule has 4 heterocycles. The molecule has 1 amide bonds. The average molecular weight is 646 g/mol. The Morgan fingerprint density at radius 1 is 1.36 bits per heavy atom. The molecule has 2 N–H and O–H groups in total. The smallest absolute Gasteiger partial charge is 0.443 e. The van der Waals surface area contributed by atoms with Gasteiger partial charge in [0.25, 0.3) is 0 Å². The van der Waals surface area contributed by atoms with E-state index in [1.54, 1.807) is 47.2 Å². The Morgan fingerprint density at radius 3 is 2.72 bits per heavy atom. The normalized spacial score (nSPS) is 17.3. The van der Waals surface area contributed by atoms with Crippen LogP contribution in [0, 0.1) is 30.0 Å². The topological polar surface area (TPSA) is 153 Å². The summed E-state index contributed by atoms with van der Waals surface area (Å²) in [5.41, 5.74) is 2.51. The second kappa shape index (κ2) is 13.0. The van der Waals surface area contributed by atoms with Crippen LogP contribution < -0.4 is 20.9 Å². The van der Waals surface area contributed by atoms with E-state index in [1.807, 2.05) is 13.0 Å². The second-order valence-electron chi connectivity index (χ2n) is 12.7. The molecule has 0 aliphatic carbocycles. The van der Waals surface area contributed by atoms with E-state index in [2.05, 4.69) is 33.2 Å². The van der Waals surface area contributed by atoms with Gasteiger partial charge in [-0.25, -0.2) is 19.0 Å². The van der Waals surface area contributed by atoms with E-state index in [9.17, 15) is 14.9 Å². The van der Waals surface area contributed by atoms with Crippen LogP contribution in [0.5, 0.6) is 0 Å². The van der Waals surface area contributed by atoms with Crippen molar-refractivity contribution in [2.45, 2.75) is 66.2 Å². The fraction of sp³-hybridized carbons (Fsp3) is 0.441. The Bertz CT molecular complexity index is 1990. The van der Waals surface area contributed by atoms with Crippen molar-refractivity contribution >= 4 is 51.2 Å². The van der Waals surface area contributed by atoms with Gasteiger partial charge >= 0.3 is 11.9 Å². The summed E-state index contributed by atoms with van der Waals surface area (Å²) >= 11 is 0. The van der Waals surface area contributed by atoms with E-state index in [4.69, 9.17) is 18.6 Å². The van der Waals surface area contributed by atoms with Gasteiger partial charge in [0.05, 0.1) is 34.4 Å². The standard InChI is InChI=1S/C34H40FN7O5/c1-9-20(14-37-7)23-16-39-31-28(30(23)42-11-10-21(18(42)2)15-38-17-26-19(3)45-33(44)46-26)27-22(13-36)24(35)12-25(29(27)40-31)41(8)32(43)47-34(4,5)6/h9,12,14,16,18,21,38H,10-11,15,17H2,1-8H3,(H,39,40)/b20-9+,37-14-/t18-,21+/m1/s1. The fourth-order valence-electron chi connectivity index (χ4n) is 6.21. The molecule has 12 nitrogen and oxygen atoms in total. The van der Waals surface area contributed by atoms with E-state index in [-0.39, 0.29) is 23.2 Å². The van der Waals surface area contributed by atoms with Gasteiger partial charge in [-0.1, -0.05) is 6.08 Å². The minimum Gasteiger partial charge on any atom is -0.443 e. The number of anilines is 2. The first-order valence-electron chi connectivity index (χ1n) is 15.5. The number of carbonyl (C=O) groups is 1. The largest absolute Gasteiger partial charge is 0.519 e. The van der Waals surface area contributed by atoms with Crippen molar-refractivity contribution in [2.75, 3.05) is 37.0 Å². The monoisotopic (exact) mass is 645 g/mol. The van der Waals surface area contributed by atoms with Crippen molar-refractivity contribution in [1.29, 1.82) is 5.26 Å². The van der Waals surface area contributed by atoms with Gasteiger partial charge in [-0.2, -0.15) is 5.26 Å². The van der Waals surface area contributed by atoms with Crippen LogP contribution in [0.15, 0.2) is 37.0 Å². The number of hydrogen-bond donors (Lipinski definition) is 2. The Hall–Kier alpha value is -4.96. The van der Waals surface area contributed by atoms with Crippen LogP contribution in [0.1, 0.15) is 63.7 Å². The van der Waals surface area contributed by atoms with E-state index < -0.39 is 23.3 Å². The zero-order valence-corrected chi connectivity index (χ0v) is 27.9. The first-order chi connectivity index (χ1) is 22.3. The Morgan fingerprint density at radius 2 is 2.11 bits per heavy atom. The number of nitrogens with one attached hydrogen (secondary N) is 2. The summed E-state index contributed by atoms with van der Waals surface area (Å²) in [5.74, 6) is -0.381. The molecule has 0 radical (unpaired) electrons. The summed E-state index contributed by atoms with van der Waals surface area (Å²) in [7, 11) is 3.19. The molecule has 1 aliphatic heterocycles. The zero-order valence-electron chi connectivity index (χ0n) is 27.9. The number of benzene rings is 1. The Labute approximate surface area is 271 Å². The van der Waals surface area contributed by atoms with Gasteiger partial charge < -0.3 is 28.8 Å². The maximum absolute atomic E-state index is 15.8. The molecule has 1 aliphatic rings. The first-order valence-corrected chi connectivity index (χ1v) is 15.5. The van der Waals surface area contributed by atoms with E-state index >= 15 is 4.39 Å². The van der Waals surface area contributed by atoms with Crippen LogP contribution in [0.25, 0.3) is 27.5 Å². The van der Waals surface area contributed by atoms with Gasteiger partial charge in [-0.3, -0.25) is 9.89 Å². The van der Waals surface area contributed by atoms with Crippen molar-refractivity contribution in [1.82, 2.24) is 15.3 Å². The number of fused-ring (bicyclic) bond motifs is 3. The number of rotatable bonds is 8. The summed E-state index contributed by atoms with van der Waals surface area (Å²) in [4.78, 5) is 40.4. The van der Waals surface area contributed by atoms with Crippen molar-refractivity contribution in [3.8, 4) is 6.07 Å². The number of nitrogens with zero attached hydrogens (tertiary/aromatic N) is 5. The van der Waals surface area contributed by atoms with Crippen LogP contribution >= 0.6 is 0 Å². The van der Waals surface area contributed by atoms with Crippen LogP contribution in [0.4, 0.5) is 20.6 Å². The quantitative estimate of drug-likeness (QED) is 0.218. The SMILES string of the molecule is C/C=C(\C=N/C)c1cnc2[nH]c3c(N(C)C(=O)OC(C)(C)C)cc(F)c(C#N)c3c2c1N1CC[C@@H](CNCc2oc(=O)oc2C)[C@H]1C. The number of hydrogen-bond acceptors (Lipinski definition) is 10. The van der Waals surface area contributed by atoms with Crippen molar-refractivity contribution in [3.63, 3.8) is 0 Å². The molecular formula is C34H40FN7O5. The maximum Gasteiger partial charge on any atom is 0.519 e. The lowest BCUT2D eigenvalue weighted by Crippen LogP contribution is -2.35. The number of aliphatic imine (C=N–C) groups is 1. The zero-order chi connectivity index (χ0) is 34.2. The average Bonchev–Trinajstić information content (AvgIpc) is 3.68. The second-order valence-corrected chi connectivity index (χ2v) is 12.7. The van der Waals surface area contributed by atoms with Gasteiger partial charge in [0.15, 0.2) is 5.76 Å². The number of ether oxygens (including phenoxy) is 1. The number of nitriles is 1. The Kier molecular flexibility index (Phi) is 9.27. The predicted octanol–water partition coefficient (Wildman–Crippen LogP) is 6.06. The fourth-order valence-corrected chi connectivity index (χ4v) is 6.21. The number of halogens is 1. The molecule has 47 heavy (non-hydrogen) atoms. The Balaban J connectivity index is 1.66. The van der Waals surface area contributed by atoms with Gasteiger partial charge in [0, 0.05) is 62.7 Å². The minimum atomic E-state index is -0.772. The van der Waals surface area contributed by atoms with Crippen LogP contribution in [-0.4, -0.2) is 61.1 Å². The molecule has 2 atom stereocenters. The van der Waals surface area contributed by atoms with E-state index in [0.29, 0.717) is 53.1 Å². The highest BCUT2D eigenvalue weighted by atomic mass is 19.1.